The van der Waals surface area contributed by atoms with Crippen molar-refractivity contribution in [1.29, 1.82) is 0 Å². The molecule has 0 radical (unpaired) electrons. The van der Waals surface area contributed by atoms with Crippen molar-refractivity contribution in [2.45, 2.75) is 66.1 Å². The number of alkyl halides is 3. The molecule has 6 heteroatoms. The number of nitrogens with two attached hydrogens (primary N) is 1. The fourth-order valence-corrected chi connectivity index (χ4v) is 3.67. The Morgan fingerprint density at radius 2 is 1.97 bits per heavy atom. The molecule has 1 atom stereocenters. The summed E-state index contributed by atoms with van der Waals surface area (Å²) in [5, 5.41) is 6.86. The van der Waals surface area contributed by atoms with Crippen LogP contribution in [0.25, 0.3) is 0 Å². The minimum Gasteiger partial charge on any atom is -0.395 e. The van der Waals surface area contributed by atoms with E-state index < -0.39 is 11.9 Å². The Bertz CT molecular complexity index is 837. The van der Waals surface area contributed by atoms with E-state index in [1.807, 2.05) is 0 Å². The van der Waals surface area contributed by atoms with E-state index in [-0.39, 0.29) is 11.5 Å². The first-order valence-corrected chi connectivity index (χ1v) is 10.9. The van der Waals surface area contributed by atoms with E-state index in [4.69, 9.17) is 5.73 Å². The van der Waals surface area contributed by atoms with Gasteiger partial charge < -0.3 is 16.4 Å². The zero-order chi connectivity index (χ0) is 23.4. The summed E-state index contributed by atoms with van der Waals surface area (Å²) in [7, 11) is 0. The molecule has 0 aliphatic heterocycles. The first-order chi connectivity index (χ1) is 14.3. The fraction of sp³-hybridized carbons (Fsp3) is 0.520. The molecule has 2 aliphatic carbocycles. The van der Waals surface area contributed by atoms with Crippen molar-refractivity contribution in [3.05, 3.63) is 70.8 Å². The molecule has 1 unspecified atom stereocenters. The molecular formula is C25H36F3N3. The number of allylic oxidation sites excluding steroid dienone is 6. The standard InChI is InChI=1S/C25H36F3N3/c1-7-19(14-21(29)25(26,27)28)31-20-9-8-17(4)22(20)23(30-15-16(2)3)18-10-12-24(5,6)13-11-18/h7,10-12,14,16,23,30-31H,4,8-9,13,15,29H2,1-3,5-6H3/b19-7+,21-14-. The number of hydrogen-bond acceptors (Lipinski definition) is 3. The van der Waals surface area contributed by atoms with E-state index >= 15 is 0 Å². The molecule has 0 aromatic carbocycles. The predicted molar refractivity (Wildman–Crippen MR) is 123 cm³/mol. The van der Waals surface area contributed by atoms with Crippen molar-refractivity contribution < 1.29 is 13.2 Å². The zero-order valence-corrected chi connectivity index (χ0v) is 19.3. The van der Waals surface area contributed by atoms with Crippen LogP contribution in [0.15, 0.2) is 70.8 Å². The normalized spacial score (nSPS) is 21.1. The zero-order valence-electron chi connectivity index (χ0n) is 19.3. The van der Waals surface area contributed by atoms with Gasteiger partial charge in [0.25, 0.3) is 0 Å². The van der Waals surface area contributed by atoms with Crippen molar-refractivity contribution in [3.8, 4) is 0 Å². The highest BCUT2D eigenvalue weighted by Crippen LogP contribution is 2.37. The highest BCUT2D eigenvalue weighted by atomic mass is 19.4. The maximum atomic E-state index is 12.9. The van der Waals surface area contributed by atoms with Gasteiger partial charge in [0.15, 0.2) is 0 Å². The highest BCUT2D eigenvalue weighted by Gasteiger charge is 2.32. The van der Waals surface area contributed by atoms with Gasteiger partial charge in [0, 0.05) is 11.4 Å². The lowest BCUT2D eigenvalue weighted by molar-refractivity contribution is -0.0927. The van der Waals surface area contributed by atoms with Crippen LogP contribution in [0.3, 0.4) is 0 Å². The number of nitrogens with one attached hydrogen (secondary N) is 2. The van der Waals surface area contributed by atoms with Gasteiger partial charge in [0.1, 0.15) is 5.70 Å². The predicted octanol–water partition coefficient (Wildman–Crippen LogP) is 6.02. The summed E-state index contributed by atoms with van der Waals surface area (Å²) >= 11 is 0. The molecule has 4 N–H and O–H groups in total. The first-order valence-electron chi connectivity index (χ1n) is 10.9. The molecule has 172 valence electrons. The molecule has 0 amide bonds. The van der Waals surface area contributed by atoms with Gasteiger partial charge in [-0.05, 0) is 66.9 Å². The van der Waals surface area contributed by atoms with E-state index in [0.29, 0.717) is 18.0 Å². The van der Waals surface area contributed by atoms with E-state index in [2.05, 4.69) is 63.1 Å². The summed E-state index contributed by atoms with van der Waals surface area (Å²) < 4.78 is 38.7. The van der Waals surface area contributed by atoms with E-state index in [9.17, 15) is 13.2 Å². The molecule has 0 saturated carbocycles. The Balaban J connectivity index is 2.41. The van der Waals surface area contributed by atoms with Crippen LogP contribution in [-0.2, 0) is 0 Å². The molecule has 31 heavy (non-hydrogen) atoms. The molecule has 0 bridgehead atoms. The van der Waals surface area contributed by atoms with Crippen molar-refractivity contribution in [2.75, 3.05) is 6.54 Å². The van der Waals surface area contributed by atoms with Gasteiger partial charge in [-0.3, -0.25) is 0 Å². The van der Waals surface area contributed by atoms with Crippen molar-refractivity contribution in [1.82, 2.24) is 10.6 Å². The number of halogens is 3. The number of rotatable bonds is 8. The lowest BCUT2D eigenvalue weighted by atomic mass is 9.81. The fourth-order valence-electron chi connectivity index (χ4n) is 3.67. The molecule has 2 aliphatic rings. The van der Waals surface area contributed by atoms with Crippen molar-refractivity contribution in [3.63, 3.8) is 0 Å². The second-order valence-electron chi connectivity index (χ2n) is 9.43. The van der Waals surface area contributed by atoms with E-state index in [1.165, 1.54) is 5.57 Å². The van der Waals surface area contributed by atoms with Crippen LogP contribution >= 0.6 is 0 Å². The lowest BCUT2D eigenvalue weighted by Gasteiger charge is -2.30. The molecule has 0 spiro atoms. The van der Waals surface area contributed by atoms with Gasteiger partial charge >= 0.3 is 6.18 Å². The second-order valence-corrected chi connectivity index (χ2v) is 9.43. The van der Waals surface area contributed by atoms with Crippen LogP contribution < -0.4 is 16.4 Å². The Labute approximate surface area is 184 Å². The van der Waals surface area contributed by atoms with Crippen LogP contribution in [0.2, 0.25) is 0 Å². The average molecular weight is 436 g/mol. The third-order valence-electron chi connectivity index (χ3n) is 5.57. The smallest absolute Gasteiger partial charge is 0.395 e. The van der Waals surface area contributed by atoms with Crippen molar-refractivity contribution >= 4 is 0 Å². The third kappa shape index (κ3) is 6.89. The Hall–Kier alpha value is -2.21. The molecule has 0 saturated heterocycles. The highest BCUT2D eigenvalue weighted by molar-refractivity contribution is 5.51. The van der Waals surface area contributed by atoms with Gasteiger partial charge in [-0.15, -0.1) is 0 Å². The summed E-state index contributed by atoms with van der Waals surface area (Å²) in [6, 6.07) is -0.0608. The largest absolute Gasteiger partial charge is 0.430 e. The minimum atomic E-state index is -4.56. The van der Waals surface area contributed by atoms with Gasteiger partial charge in [-0.1, -0.05) is 58.6 Å². The van der Waals surface area contributed by atoms with Gasteiger partial charge in [0.05, 0.1) is 6.04 Å². The van der Waals surface area contributed by atoms with Crippen LogP contribution in [0.1, 0.15) is 53.9 Å². The maximum absolute atomic E-state index is 12.9. The van der Waals surface area contributed by atoms with Crippen molar-refractivity contribution in [2.24, 2.45) is 17.1 Å². The third-order valence-corrected chi connectivity index (χ3v) is 5.57. The second kappa shape index (κ2) is 9.94. The summed E-state index contributed by atoms with van der Waals surface area (Å²) in [6.45, 7) is 15.5. The van der Waals surface area contributed by atoms with Crippen LogP contribution in [0, 0.1) is 11.3 Å². The topological polar surface area (TPSA) is 50.1 Å². The molecule has 3 nitrogen and oxygen atoms in total. The van der Waals surface area contributed by atoms with Crippen LogP contribution in [0.4, 0.5) is 13.2 Å². The van der Waals surface area contributed by atoms with E-state index in [1.54, 1.807) is 13.0 Å². The molecule has 0 heterocycles. The maximum Gasteiger partial charge on any atom is 0.430 e. The Kier molecular flexibility index (Phi) is 8.04. The molecular weight excluding hydrogens is 399 g/mol. The molecule has 0 aromatic heterocycles. The van der Waals surface area contributed by atoms with Gasteiger partial charge in [-0.2, -0.15) is 13.2 Å². The number of hydrogen-bond donors (Lipinski definition) is 3. The lowest BCUT2D eigenvalue weighted by Crippen LogP contribution is -2.37. The monoisotopic (exact) mass is 435 g/mol. The Morgan fingerprint density at radius 1 is 1.29 bits per heavy atom. The SMILES string of the molecule is C=C1CCC(NC(/C=C(\N)C(F)(F)F)=C/C)=C1C(NCC(C)C)C1=CCC(C)(C)C=C1. The summed E-state index contributed by atoms with van der Waals surface area (Å²) in [5.74, 6) is 0.458. The van der Waals surface area contributed by atoms with Crippen LogP contribution in [-0.4, -0.2) is 18.8 Å². The minimum absolute atomic E-state index is 0.0608. The van der Waals surface area contributed by atoms with Gasteiger partial charge in [-0.25, -0.2) is 0 Å². The molecule has 0 fully saturated rings. The quantitative estimate of drug-likeness (QED) is 0.409. The van der Waals surface area contributed by atoms with Crippen LogP contribution in [0.5, 0.6) is 0 Å². The molecule has 0 aromatic rings. The summed E-state index contributed by atoms with van der Waals surface area (Å²) in [4.78, 5) is 0. The summed E-state index contributed by atoms with van der Waals surface area (Å²) in [5.41, 5.74) is 8.67. The van der Waals surface area contributed by atoms with Gasteiger partial charge in [0.2, 0.25) is 0 Å². The first kappa shape index (κ1) is 25.1. The summed E-state index contributed by atoms with van der Waals surface area (Å²) in [6.07, 6.45) is 7.05. The molecule has 2 rings (SSSR count). The van der Waals surface area contributed by atoms with E-state index in [0.717, 1.165) is 42.3 Å². The Morgan fingerprint density at radius 3 is 2.48 bits per heavy atom. The average Bonchev–Trinajstić information content (AvgIpc) is 3.01.